The molecule has 1 N–H and O–H groups in total. The van der Waals surface area contributed by atoms with E-state index in [9.17, 15) is 4.79 Å². The molecule has 1 fully saturated rings. The van der Waals surface area contributed by atoms with Gasteiger partial charge in [0.2, 0.25) is 5.91 Å². The van der Waals surface area contributed by atoms with E-state index in [0.29, 0.717) is 11.6 Å². The molecule has 2 heterocycles. The summed E-state index contributed by atoms with van der Waals surface area (Å²) in [6.07, 6.45) is 2.94. The van der Waals surface area contributed by atoms with Crippen LogP contribution in [0, 0.1) is 5.92 Å². The monoisotopic (exact) mass is 345 g/mol. The molecule has 0 bridgehead atoms. The zero-order chi connectivity index (χ0) is 15.8. The average molecular weight is 346 g/mol. The fourth-order valence-corrected chi connectivity index (χ4v) is 3.62. The van der Waals surface area contributed by atoms with Crippen LogP contribution in [0.25, 0.3) is 10.9 Å². The van der Waals surface area contributed by atoms with Crippen molar-refractivity contribution >= 4 is 45.4 Å². The summed E-state index contributed by atoms with van der Waals surface area (Å²) in [6.45, 7) is 0.924. The van der Waals surface area contributed by atoms with Crippen LogP contribution in [0.15, 0.2) is 35.7 Å². The third-order valence-corrected chi connectivity index (χ3v) is 5.19. The molecule has 0 unspecified atom stereocenters. The van der Waals surface area contributed by atoms with E-state index < -0.39 is 0 Å². The third-order valence-electron chi connectivity index (χ3n) is 4.03. The molecule has 0 spiro atoms. The molecule has 0 saturated heterocycles. The predicted octanol–water partition coefficient (Wildman–Crippen LogP) is 4.34. The molecule has 118 valence electrons. The summed E-state index contributed by atoms with van der Waals surface area (Å²) in [5, 5.41) is 10.7. The lowest BCUT2D eigenvalue weighted by Crippen LogP contribution is -2.13. The first-order valence-corrected chi connectivity index (χ1v) is 8.93. The largest absolute Gasteiger partial charge is 0.326 e. The first-order valence-electron chi connectivity index (χ1n) is 7.67. The molecule has 1 aliphatic rings. The van der Waals surface area contributed by atoms with Gasteiger partial charge in [-0.25, -0.2) is 0 Å². The fraction of sp³-hybridized carbons (Fsp3) is 0.294. The van der Waals surface area contributed by atoms with Gasteiger partial charge in [0.15, 0.2) is 5.15 Å². The Labute approximate surface area is 143 Å². The number of hydrogen-bond acceptors (Lipinski definition) is 3. The highest BCUT2D eigenvalue weighted by atomic mass is 35.5. The highest BCUT2D eigenvalue weighted by molar-refractivity contribution is 7.10. The van der Waals surface area contributed by atoms with Crippen LogP contribution in [-0.4, -0.2) is 15.7 Å². The summed E-state index contributed by atoms with van der Waals surface area (Å²) in [6, 6.07) is 9.72. The number of halogens is 1. The summed E-state index contributed by atoms with van der Waals surface area (Å²) < 4.78 is 1.98. The van der Waals surface area contributed by atoms with Gasteiger partial charge in [0.25, 0.3) is 0 Å². The van der Waals surface area contributed by atoms with Crippen molar-refractivity contribution in [2.24, 2.45) is 5.92 Å². The maximum atomic E-state index is 12.1. The number of carbonyl (C=O) groups excluding carboxylic acids is 1. The number of rotatable bonds is 5. The topological polar surface area (TPSA) is 46.9 Å². The molecule has 0 radical (unpaired) electrons. The van der Waals surface area contributed by atoms with Gasteiger partial charge >= 0.3 is 0 Å². The Morgan fingerprint density at radius 1 is 1.39 bits per heavy atom. The quantitative estimate of drug-likeness (QED) is 0.747. The number of nitrogens with one attached hydrogen (secondary N) is 1. The summed E-state index contributed by atoms with van der Waals surface area (Å²) >= 11 is 7.85. The number of amides is 1. The number of anilines is 1. The van der Waals surface area contributed by atoms with Crippen molar-refractivity contribution in [3.8, 4) is 0 Å². The minimum absolute atomic E-state index is 0.0201. The van der Waals surface area contributed by atoms with Crippen molar-refractivity contribution in [2.45, 2.75) is 25.8 Å². The number of benzene rings is 1. The summed E-state index contributed by atoms with van der Waals surface area (Å²) in [5.74, 6) is 0.715. The van der Waals surface area contributed by atoms with Gasteiger partial charge in [-0.2, -0.15) is 5.10 Å². The van der Waals surface area contributed by atoms with E-state index in [1.54, 1.807) is 11.3 Å². The summed E-state index contributed by atoms with van der Waals surface area (Å²) in [4.78, 5) is 13.2. The van der Waals surface area contributed by atoms with Gasteiger partial charge in [0.05, 0.1) is 11.9 Å². The van der Waals surface area contributed by atoms with Crippen LogP contribution in [0.1, 0.15) is 17.7 Å². The lowest BCUT2D eigenvalue weighted by molar-refractivity contribution is -0.115. The molecule has 0 aliphatic heterocycles. The highest BCUT2D eigenvalue weighted by Crippen LogP contribution is 2.33. The smallest absolute Gasteiger partial charge is 0.229 e. The molecule has 1 aliphatic carbocycles. The molecule has 2 aromatic heterocycles. The van der Waals surface area contributed by atoms with Crippen LogP contribution < -0.4 is 5.32 Å². The number of carbonyl (C=O) groups is 1. The van der Waals surface area contributed by atoms with Crippen LogP contribution >= 0.6 is 22.9 Å². The maximum Gasteiger partial charge on any atom is 0.229 e. The first-order chi connectivity index (χ1) is 11.2. The third kappa shape index (κ3) is 3.26. The minimum atomic E-state index is -0.0201. The van der Waals surface area contributed by atoms with Crippen LogP contribution in [0.2, 0.25) is 5.15 Å². The minimum Gasteiger partial charge on any atom is -0.326 e. The second-order valence-electron chi connectivity index (χ2n) is 5.95. The molecule has 23 heavy (non-hydrogen) atoms. The van der Waals surface area contributed by atoms with Crippen molar-refractivity contribution in [2.75, 3.05) is 5.32 Å². The predicted molar refractivity (Wildman–Crippen MR) is 94.1 cm³/mol. The fourth-order valence-electron chi connectivity index (χ4n) is 2.68. The number of hydrogen-bond donors (Lipinski definition) is 1. The second kappa shape index (κ2) is 5.98. The van der Waals surface area contributed by atoms with Gasteiger partial charge in [-0.3, -0.25) is 9.48 Å². The number of aromatic nitrogens is 2. The lowest BCUT2D eigenvalue weighted by Gasteiger charge is -2.06. The standard InChI is InChI=1S/C17H16ClN3OS/c18-17-14-8-12(19-16(22)9-13-2-1-7-23-13)5-6-15(14)21(20-17)10-11-3-4-11/h1-2,5-8,11H,3-4,9-10H2,(H,19,22). The first kappa shape index (κ1) is 14.7. The molecule has 1 saturated carbocycles. The van der Waals surface area contributed by atoms with Gasteiger partial charge in [0, 0.05) is 22.5 Å². The molecule has 4 rings (SSSR count). The van der Waals surface area contributed by atoms with Crippen LogP contribution in [0.3, 0.4) is 0 Å². The zero-order valence-electron chi connectivity index (χ0n) is 12.5. The van der Waals surface area contributed by atoms with Gasteiger partial charge in [-0.05, 0) is 48.4 Å². The molecule has 0 atom stereocenters. The van der Waals surface area contributed by atoms with Gasteiger partial charge in [-0.1, -0.05) is 17.7 Å². The highest BCUT2D eigenvalue weighted by Gasteiger charge is 2.23. The van der Waals surface area contributed by atoms with E-state index in [1.807, 2.05) is 40.4 Å². The van der Waals surface area contributed by atoms with Crippen molar-refractivity contribution < 1.29 is 4.79 Å². The normalized spacial score (nSPS) is 14.3. The molecule has 1 amide bonds. The van der Waals surface area contributed by atoms with Gasteiger partial charge in [0.1, 0.15) is 0 Å². The SMILES string of the molecule is O=C(Cc1cccs1)Nc1ccc2c(c1)c(Cl)nn2CC1CC1. The average Bonchev–Trinajstić information content (AvgIpc) is 3.09. The Morgan fingerprint density at radius 2 is 2.26 bits per heavy atom. The summed E-state index contributed by atoms with van der Waals surface area (Å²) in [5.41, 5.74) is 1.78. The number of nitrogens with zero attached hydrogens (tertiary/aromatic N) is 2. The molecule has 6 heteroatoms. The Hall–Kier alpha value is -1.85. The Balaban J connectivity index is 1.54. The van der Waals surface area contributed by atoms with Crippen LogP contribution in [0.4, 0.5) is 5.69 Å². The van der Waals surface area contributed by atoms with E-state index in [0.717, 1.165) is 33.9 Å². The lowest BCUT2D eigenvalue weighted by atomic mass is 10.2. The van der Waals surface area contributed by atoms with Gasteiger partial charge in [-0.15, -0.1) is 11.3 Å². The Kier molecular flexibility index (Phi) is 3.83. The molecule has 4 nitrogen and oxygen atoms in total. The zero-order valence-corrected chi connectivity index (χ0v) is 14.0. The maximum absolute atomic E-state index is 12.1. The Bertz CT molecular complexity index is 852. The van der Waals surface area contributed by atoms with Crippen LogP contribution in [0.5, 0.6) is 0 Å². The van der Waals surface area contributed by atoms with Crippen molar-refractivity contribution in [1.82, 2.24) is 9.78 Å². The van der Waals surface area contributed by atoms with E-state index in [2.05, 4.69) is 10.4 Å². The molecular weight excluding hydrogens is 330 g/mol. The number of thiophene rings is 1. The second-order valence-corrected chi connectivity index (χ2v) is 7.34. The van der Waals surface area contributed by atoms with E-state index in [-0.39, 0.29) is 5.91 Å². The Morgan fingerprint density at radius 3 is 3.00 bits per heavy atom. The number of fused-ring (bicyclic) bond motifs is 1. The van der Waals surface area contributed by atoms with E-state index >= 15 is 0 Å². The van der Waals surface area contributed by atoms with Crippen LogP contribution in [-0.2, 0) is 17.8 Å². The van der Waals surface area contributed by atoms with Crippen molar-refractivity contribution in [3.63, 3.8) is 0 Å². The van der Waals surface area contributed by atoms with E-state index in [4.69, 9.17) is 11.6 Å². The van der Waals surface area contributed by atoms with Crippen molar-refractivity contribution in [3.05, 3.63) is 45.7 Å². The summed E-state index contributed by atoms with van der Waals surface area (Å²) in [7, 11) is 0. The molecule has 1 aromatic carbocycles. The van der Waals surface area contributed by atoms with E-state index in [1.165, 1.54) is 12.8 Å². The van der Waals surface area contributed by atoms with Crippen molar-refractivity contribution in [1.29, 1.82) is 0 Å². The molecular formula is C17H16ClN3OS. The molecule has 3 aromatic rings. The van der Waals surface area contributed by atoms with Gasteiger partial charge < -0.3 is 5.32 Å².